The minimum atomic E-state index is -0.410. The monoisotopic (exact) mass is 218 g/mol. The first kappa shape index (κ1) is 13.5. The minimum Gasteiger partial charge on any atom is -0.465 e. The average molecular weight is 218 g/mol. The van der Waals surface area contributed by atoms with E-state index in [0.29, 0.717) is 6.61 Å². The number of carbonyl (C=O) groups excluding carboxylic acids is 2. The fourth-order valence-electron chi connectivity index (χ4n) is 1.01. The SMILES string of the molecule is CC(=O)CC(=O)OCCCCCCS. The molecular formula is C10H18O3S. The van der Waals surface area contributed by atoms with Crippen LogP contribution in [0, 0.1) is 0 Å². The summed E-state index contributed by atoms with van der Waals surface area (Å²) in [6, 6.07) is 0. The molecule has 0 atom stereocenters. The smallest absolute Gasteiger partial charge is 0.313 e. The fourth-order valence-corrected chi connectivity index (χ4v) is 1.23. The van der Waals surface area contributed by atoms with Crippen LogP contribution in [0.5, 0.6) is 0 Å². The van der Waals surface area contributed by atoms with Crippen molar-refractivity contribution in [1.29, 1.82) is 0 Å². The second kappa shape index (κ2) is 9.06. The van der Waals surface area contributed by atoms with Crippen molar-refractivity contribution in [3.8, 4) is 0 Å². The van der Waals surface area contributed by atoms with Gasteiger partial charge in [0, 0.05) is 0 Å². The molecule has 0 aromatic carbocycles. The molecule has 0 N–H and O–H groups in total. The van der Waals surface area contributed by atoms with Gasteiger partial charge in [-0.25, -0.2) is 0 Å². The molecule has 0 saturated heterocycles. The van der Waals surface area contributed by atoms with Crippen LogP contribution in [0.3, 0.4) is 0 Å². The summed E-state index contributed by atoms with van der Waals surface area (Å²) < 4.78 is 4.85. The van der Waals surface area contributed by atoms with Crippen LogP contribution in [-0.2, 0) is 14.3 Å². The normalized spacial score (nSPS) is 9.86. The molecule has 82 valence electrons. The van der Waals surface area contributed by atoms with Gasteiger partial charge in [-0.2, -0.15) is 12.6 Å². The number of ether oxygens (including phenoxy) is 1. The Bertz CT molecular complexity index is 180. The van der Waals surface area contributed by atoms with E-state index in [1.165, 1.54) is 6.92 Å². The van der Waals surface area contributed by atoms with Crippen LogP contribution >= 0.6 is 12.6 Å². The van der Waals surface area contributed by atoms with Crippen molar-refractivity contribution in [2.45, 2.75) is 39.0 Å². The molecule has 0 saturated carbocycles. The number of unbranched alkanes of at least 4 members (excludes halogenated alkanes) is 3. The second-order valence-electron chi connectivity index (χ2n) is 3.24. The standard InChI is InChI=1S/C10H18O3S/c1-9(11)8-10(12)13-6-4-2-3-5-7-14/h14H,2-8H2,1H3. The van der Waals surface area contributed by atoms with Crippen molar-refractivity contribution in [2.75, 3.05) is 12.4 Å². The molecule has 0 aromatic heterocycles. The van der Waals surface area contributed by atoms with Crippen LogP contribution in [0.2, 0.25) is 0 Å². The van der Waals surface area contributed by atoms with Gasteiger partial charge in [-0.3, -0.25) is 9.59 Å². The van der Waals surface area contributed by atoms with Gasteiger partial charge in [-0.1, -0.05) is 12.8 Å². The molecule has 0 bridgehead atoms. The molecule has 0 aliphatic heterocycles. The highest BCUT2D eigenvalue weighted by Crippen LogP contribution is 2.01. The lowest BCUT2D eigenvalue weighted by Gasteiger charge is -2.02. The summed E-state index contributed by atoms with van der Waals surface area (Å²) in [6.45, 7) is 1.81. The Morgan fingerprint density at radius 1 is 1.14 bits per heavy atom. The van der Waals surface area contributed by atoms with E-state index in [1.807, 2.05) is 0 Å². The van der Waals surface area contributed by atoms with Crippen molar-refractivity contribution < 1.29 is 14.3 Å². The van der Waals surface area contributed by atoms with E-state index in [0.717, 1.165) is 31.4 Å². The van der Waals surface area contributed by atoms with Crippen molar-refractivity contribution in [3.63, 3.8) is 0 Å². The van der Waals surface area contributed by atoms with Gasteiger partial charge in [0.25, 0.3) is 0 Å². The van der Waals surface area contributed by atoms with Crippen molar-refractivity contribution >= 4 is 24.4 Å². The molecule has 0 spiro atoms. The minimum absolute atomic E-state index is 0.101. The number of rotatable bonds is 8. The van der Waals surface area contributed by atoms with Crippen LogP contribution in [0.25, 0.3) is 0 Å². The van der Waals surface area contributed by atoms with Gasteiger partial charge in [0.1, 0.15) is 12.2 Å². The highest BCUT2D eigenvalue weighted by Gasteiger charge is 2.05. The van der Waals surface area contributed by atoms with Crippen LogP contribution in [0.15, 0.2) is 0 Å². The summed E-state index contributed by atoms with van der Waals surface area (Å²) in [5.41, 5.74) is 0. The van der Waals surface area contributed by atoms with Crippen LogP contribution < -0.4 is 0 Å². The first-order chi connectivity index (χ1) is 6.66. The molecule has 0 amide bonds. The van der Waals surface area contributed by atoms with Gasteiger partial charge < -0.3 is 4.74 Å². The molecule has 0 aliphatic rings. The predicted octanol–water partition coefficient (Wildman–Crippen LogP) is 2.00. The Hall–Kier alpha value is -0.510. The summed E-state index contributed by atoms with van der Waals surface area (Å²) in [5.74, 6) is 0.348. The number of esters is 1. The Kier molecular flexibility index (Phi) is 8.73. The molecule has 0 aromatic rings. The van der Waals surface area contributed by atoms with Gasteiger partial charge >= 0.3 is 5.97 Å². The summed E-state index contributed by atoms with van der Waals surface area (Å²) in [7, 11) is 0. The van der Waals surface area contributed by atoms with Crippen molar-refractivity contribution in [1.82, 2.24) is 0 Å². The molecular weight excluding hydrogens is 200 g/mol. The zero-order valence-corrected chi connectivity index (χ0v) is 9.52. The third-order valence-electron chi connectivity index (χ3n) is 1.71. The highest BCUT2D eigenvalue weighted by molar-refractivity contribution is 7.80. The van der Waals surface area contributed by atoms with E-state index >= 15 is 0 Å². The fraction of sp³-hybridized carbons (Fsp3) is 0.800. The van der Waals surface area contributed by atoms with E-state index in [4.69, 9.17) is 4.74 Å². The molecule has 0 rings (SSSR count). The lowest BCUT2D eigenvalue weighted by Crippen LogP contribution is -2.09. The van der Waals surface area contributed by atoms with Gasteiger partial charge in [-0.15, -0.1) is 0 Å². The van der Waals surface area contributed by atoms with Crippen LogP contribution in [0.1, 0.15) is 39.0 Å². The number of hydrogen-bond acceptors (Lipinski definition) is 4. The molecule has 3 nitrogen and oxygen atoms in total. The Balaban J connectivity index is 3.19. The number of carbonyl (C=O) groups is 2. The lowest BCUT2D eigenvalue weighted by atomic mass is 10.2. The predicted molar refractivity (Wildman–Crippen MR) is 58.6 cm³/mol. The van der Waals surface area contributed by atoms with E-state index in [2.05, 4.69) is 12.6 Å². The molecule has 0 unspecified atom stereocenters. The summed E-state index contributed by atoms with van der Waals surface area (Å²) in [6.07, 6.45) is 4.04. The summed E-state index contributed by atoms with van der Waals surface area (Å²) in [4.78, 5) is 21.4. The summed E-state index contributed by atoms with van der Waals surface area (Å²) >= 11 is 4.09. The third-order valence-corrected chi connectivity index (χ3v) is 2.03. The van der Waals surface area contributed by atoms with E-state index in [1.54, 1.807) is 0 Å². The number of ketones is 1. The van der Waals surface area contributed by atoms with Crippen molar-refractivity contribution in [2.24, 2.45) is 0 Å². The molecule has 0 radical (unpaired) electrons. The summed E-state index contributed by atoms with van der Waals surface area (Å²) in [5, 5.41) is 0. The maximum atomic E-state index is 10.9. The first-order valence-corrected chi connectivity index (χ1v) is 5.56. The Labute approximate surface area is 90.6 Å². The van der Waals surface area contributed by atoms with Crippen LogP contribution in [-0.4, -0.2) is 24.1 Å². The van der Waals surface area contributed by atoms with E-state index in [-0.39, 0.29) is 12.2 Å². The number of hydrogen-bond donors (Lipinski definition) is 1. The lowest BCUT2D eigenvalue weighted by molar-refractivity contribution is -0.145. The van der Waals surface area contributed by atoms with E-state index < -0.39 is 5.97 Å². The highest BCUT2D eigenvalue weighted by atomic mass is 32.1. The molecule has 0 aliphatic carbocycles. The Morgan fingerprint density at radius 2 is 1.79 bits per heavy atom. The second-order valence-corrected chi connectivity index (χ2v) is 3.68. The van der Waals surface area contributed by atoms with Gasteiger partial charge in [0.2, 0.25) is 0 Å². The quantitative estimate of drug-likeness (QED) is 0.293. The Morgan fingerprint density at radius 3 is 2.36 bits per heavy atom. The number of Topliss-reactive ketones (excluding diaryl/α,β-unsaturated/α-hetero) is 1. The number of thiol groups is 1. The zero-order chi connectivity index (χ0) is 10.8. The maximum Gasteiger partial charge on any atom is 0.313 e. The molecule has 4 heteroatoms. The first-order valence-electron chi connectivity index (χ1n) is 4.92. The topological polar surface area (TPSA) is 43.4 Å². The zero-order valence-electron chi connectivity index (χ0n) is 8.62. The largest absolute Gasteiger partial charge is 0.465 e. The molecule has 0 heterocycles. The third kappa shape index (κ3) is 9.58. The van der Waals surface area contributed by atoms with Gasteiger partial charge in [-0.05, 0) is 25.5 Å². The molecule has 14 heavy (non-hydrogen) atoms. The van der Waals surface area contributed by atoms with Gasteiger partial charge in [0.15, 0.2) is 0 Å². The van der Waals surface area contributed by atoms with Crippen LogP contribution in [0.4, 0.5) is 0 Å². The van der Waals surface area contributed by atoms with E-state index in [9.17, 15) is 9.59 Å². The molecule has 0 fully saturated rings. The maximum absolute atomic E-state index is 10.9. The average Bonchev–Trinajstić information content (AvgIpc) is 2.10. The van der Waals surface area contributed by atoms with Gasteiger partial charge in [0.05, 0.1) is 6.61 Å². The van der Waals surface area contributed by atoms with Crippen molar-refractivity contribution in [3.05, 3.63) is 0 Å².